The minimum absolute atomic E-state index is 0.385. The summed E-state index contributed by atoms with van der Waals surface area (Å²) in [7, 11) is 0. The molecule has 2 N–H and O–H groups in total. The van der Waals surface area contributed by atoms with E-state index in [1.54, 1.807) is 0 Å². The minimum atomic E-state index is -0.580. The van der Waals surface area contributed by atoms with E-state index in [1.807, 2.05) is 0 Å². The van der Waals surface area contributed by atoms with Gasteiger partial charge in [0.1, 0.15) is 0 Å². The fourth-order valence-corrected chi connectivity index (χ4v) is 6.09. The molecule has 0 unspecified atom stereocenters. The summed E-state index contributed by atoms with van der Waals surface area (Å²) < 4.78 is 0. The van der Waals surface area contributed by atoms with Crippen molar-refractivity contribution in [2.45, 2.75) is 104 Å². The molecule has 2 aliphatic rings. The van der Waals surface area contributed by atoms with Crippen LogP contribution >= 0.6 is 0 Å². The van der Waals surface area contributed by atoms with Crippen LogP contribution in [0.3, 0.4) is 0 Å². The van der Waals surface area contributed by atoms with Gasteiger partial charge in [0.05, 0.1) is 11.2 Å². The van der Waals surface area contributed by atoms with Gasteiger partial charge >= 0.3 is 0 Å². The van der Waals surface area contributed by atoms with Crippen molar-refractivity contribution < 1.29 is 10.2 Å². The molecule has 0 spiro atoms. The first kappa shape index (κ1) is 20.2. The lowest BCUT2D eigenvalue weighted by Gasteiger charge is -2.49. The molecule has 0 amide bonds. The van der Waals surface area contributed by atoms with Crippen LogP contribution in [0.4, 0.5) is 0 Å². The molecular formula is C22H42O2. The summed E-state index contributed by atoms with van der Waals surface area (Å²) in [6.07, 6.45) is 8.11. The second-order valence-corrected chi connectivity index (χ2v) is 10.2. The Morgan fingerprint density at radius 2 is 1.04 bits per heavy atom. The SMILES string of the molecule is CC(C)[C@@H]1CC[C@@H](C)C[C@@]1(O)CC[C@]1(O)C[C@H](C)CC[C@H]1C(C)C. The molecule has 0 heterocycles. The molecule has 2 fully saturated rings. The lowest BCUT2D eigenvalue weighted by atomic mass is 9.61. The highest BCUT2D eigenvalue weighted by Crippen LogP contribution is 2.48. The van der Waals surface area contributed by atoms with Crippen molar-refractivity contribution in [3.63, 3.8) is 0 Å². The van der Waals surface area contributed by atoms with Gasteiger partial charge in [0, 0.05) is 0 Å². The smallest absolute Gasteiger partial charge is 0.0681 e. The molecule has 142 valence electrons. The van der Waals surface area contributed by atoms with Gasteiger partial charge in [0.25, 0.3) is 0 Å². The maximum atomic E-state index is 11.5. The third kappa shape index (κ3) is 4.36. The molecule has 0 bridgehead atoms. The zero-order valence-electron chi connectivity index (χ0n) is 17.0. The van der Waals surface area contributed by atoms with Gasteiger partial charge in [-0.05, 0) is 74.0 Å². The van der Waals surface area contributed by atoms with Crippen LogP contribution in [-0.2, 0) is 0 Å². The number of hydrogen-bond donors (Lipinski definition) is 2. The first-order chi connectivity index (χ1) is 11.1. The van der Waals surface area contributed by atoms with Crippen LogP contribution < -0.4 is 0 Å². The molecule has 2 nitrogen and oxygen atoms in total. The summed E-state index contributed by atoms with van der Waals surface area (Å²) in [6.45, 7) is 13.5. The fourth-order valence-electron chi connectivity index (χ4n) is 6.09. The zero-order valence-corrected chi connectivity index (χ0v) is 17.0. The van der Waals surface area contributed by atoms with Gasteiger partial charge in [-0.15, -0.1) is 0 Å². The molecule has 0 radical (unpaired) electrons. The van der Waals surface area contributed by atoms with Crippen molar-refractivity contribution in [1.82, 2.24) is 0 Å². The van der Waals surface area contributed by atoms with Crippen molar-refractivity contribution in [1.29, 1.82) is 0 Å². The van der Waals surface area contributed by atoms with E-state index in [2.05, 4.69) is 41.5 Å². The van der Waals surface area contributed by atoms with Gasteiger partial charge in [-0.1, -0.05) is 54.4 Å². The van der Waals surface area contributed by atoms with Crippen molar-refractivity contribution in [2.24, 2.45) is 35.5 Å². The Morgan fingerprint density at radius 3 is 1.33 bits per heavy atom. The molecule has 2 aliphatic carbocycles. The molecule has 0 aromatic rings. The van der Waals surface area contributed by atoms with Gasteiger partial charge in [0.2, 0.25) is 0 Å². The quantitative estimate of drug-likeness (QED) is 0.703. The number of rotatable bonds is 5. The Bertz CT molecular complexity index is 367. The van der Waals surface area contributed by atoms with E-state index in [0.29, 0.717) is 35.5 Å². The van der Waals surface area contributed by atoms with E-state index in [4.69, 9.17) is 0 Å². The van der Waals surface area contributed by atoms with E-state index in [9.17, 15) is 10.2 Å². The Balaban J connectivity index is 2.12. The van der Waals surface area contributed by atoms with Crippen molar-refractivity contribution in [3.05, 3.63) is 0 Å². The Kier molecular flexibility index (Phi) is 6.46. The molecule has 6 atom stereocenters. The topological polar surface area (TPSA) is 40.5 Å². The zero-order chi connectivity index (χ0) is 18.1. The summed E-state index contributed by atoms with van der Waals surface area (Å²) in [5, 5.41) is 23.0. The van der Waals surface area contributed by atoms with Crippen LogP contribution in [0.25, 0.3) is 0 Å². The van der Waals surface area contributed by atoms with Crippen molar-refractivity contribution >= 4 is 0 Å². The molecule has 2 heteroatoms. The van der Waals surface area contributed by atoms with E-state index >= 15 is 0 Å². The molecule has 24 heavy (non-hydrogen) atoms. The lowest BCUT2D eigenvalue weighted by molar-refractivity contribution is -0.128. The van der Waals surface area contributed by atoms with Gasteiger partial charge in [0.15, 0.2) is 0 Å². The van der Waals surface area contributed by atoms with E-state index in [1.165, 1.54) is 12.8 Å². The average Bonchev–Trinajstić information content (AvgIpc) is 2.44. The highest BCUT2D eigenvalue weighted by molar-refractivity contribution is 4.99. The first-order valence-corrected chi connectivity index (χ1v) is 10.5. The fraction of sp³-hybridized carbons (Fsp3) is 1.00. The molecule has 0 saturated heterocycles. The van der Waals surface area contributed by atoms with Crippen LogP contribution in [0, 0.1) is 35.5 Å². The maximum Gasteiger partial charge on any atom is 0.0681 e. The maximum absolute atomic E-state index is 11.5. The van der Waals surface area contributed by atoms with Gasteiger partial charge in [-0.3, -0.25) is 0 Å². The summed E-state index contributed by atoms with van der Waals surface area (Å²) in [6, 6.07) is 0. The number of aliphatic hydroxyl groups is 2. The second-order valence-electron chi connectivity index (χ2n) is 10.2. The highest BCUT2D eigenvalue weighted by Gasteiger charge is 2.47. The lowest BCUT2D eigenvalue weighted by Crippen LogP contribution is -2.50. The molecule has 0 aromatic carbocycles. The molecule has 0 aromatic heterocycles. The van der Waals surface area contributed by atoms with E-state index in [0.717, 1.165) is 38.5 Å². The normalized spacial score (nSPS) is 44.2. The minimum Gasteiger partial charge on any atom is -0.390 e. The summed E-state index contributed by atoms with van der Waals surface area (Å²) in [5.41, 5.74) is -1.16. The van der Waals surface area contributed by atoms with Gasteiger partial charge in [-0.25, -0.2) is 0 Å². The Hall–Kier alpha value is -0.0800. The summed E-state index contributed by atoms with van der Waals surface area (Å²) in [4.78, 5) is 0. The second kappa shape index (κ2) is 7.66. The van der Waals surface area contributed by atoms with Crippen molar-refractivity contribution in [3.8, 4) is 0 Å². The van der Waals surface area contributed by atoms with Crippen LogP contribution in [0.15, 0.2) is 0 Å². The molecule has 2 rings (SSSR count). The molecular weight excluding hydrogens is 296 g/mol. The molecule has 0 aliphatic heterocycles. The van der Waals surface area contributed by atoms with Crippen LogP contribution in [0.1, 0.15) is 92.9 Å². The standard InChI is InChI=1S/C22H42O2/c1-15(2)19-9-7-17(5)13-21(19,23)11-12-22(24)14-18(6)8-10-20(22)16(3)4/h15-20,23-24H,7-14H2,1-6H3/t17-,18-,19+,20+,21+,22+/m1/s1. The average molecular weight is 339 g/mol. The van der Waals surface area contributed by atoms with Crippen LogP contribution in [0.2, 0.25) is 0 Å². The molecule has 2 saturated carbocycles. The van der Waals surface area contributed by atoms with E-state index in [-0.39, 0.29) is 0 Å². The van der Waals surface area contributed by atoms with E-state index < -0.39 is 11.2 Å². The predicted molar refractivity (Wildman–Crippen MR) is 102 cm³/mol. The Labute approximate surface area is 150 Å². The predicted octanol–water partition coefficient (Wildman–Crippen LogP) is 5.41. The Morgan fingerprint density at radius 1 is 0.708 bits per heavy atom. The van der Waals surface area contributed by atoms with Crippen molar-refractivity contribution in [2.75, 3.05) is 0 Å². The largest absolute Gasteiger partial charge is 0.390 e. The summed E-state index contributed by atoms with van der Waals surface area (Å²) in [5.74, 6) is 3.01. The van der Waals surface area contributed by atoms with Crippen LogP contribution in [-0.4, -0.2) is 21.4 Å². The third-order valence-corrected chi connectivity index (χ3v) is 7.33. The van der Waals surface area contributed by atoms with Gasteiger partial charge < -0.3 is 10.2 Å². The van der Waals surface area contributed by atoms with Gasteiger partial charge in [-0.2, -0.15) is 0 Å². The monoisotopic (exact) mass is 338 g/mol. The van der Waals surface area contributed by atoms with Crippen LogP contribution in [0.5, 0.6) is 0 Å². The summed E-state index contributed by atoms with van der Waals surface area (Å²) >= 11 is 0. The third-order valence-electron chi connectivity index (χ3n) is 7.33. The first-order valence-electron chi connectivity index (χ1n) is 10.5. The highest BCUT2D eigenvalue weighted by atomic mass is 16.3. The number of hydrogen-bond acceptors (Lipinski definition) is 2.